The summed E-state index contributed by atoms with van der Waals surface area (Å²) in [6.07, 6.45) is -0.746. The van der Waals surface area contributed by atoms with Crippen molar-refractivity contribution in [2.24, 2.45) is 0 Å². The van der Waals surface area contributed by atoms with Gasteiger partial charge in [0.2, 0.25) is 5.91 Å². The van der Waals surface area contributed by atoms with Gasteiger partial charge in [0.1, 0.15) is 6.29 Å². The molecule has 0 aliphatic rings. The van der Waals surface area contributed by atoms with Crippen molar-refractivity contribution in [3.8, 4) is 0 Å². The van der Waals surface area contributed by atoms with Crippen molar-refractivity contribution in [1.82, 2.24) is 14.9 Å². The molecule has 0 aliphatic heterocycles. The van der Waals surface area contributed by atoms with Gasteiger partial charge in [-0.1, -0.05) is 15.9 Å². The van der Waals surface area contributed by atoms with Crippen molar-refractivity contribution in [2.75, 3.05) is 6.29 Å². The quantitative estimate of drug-likeness (QED) is 0.429. The summed E-state index contributed by atoms with van der Waals surface area (Å²) in [5, 5.41) is 0. The number of nitrogens with zero attached hydrogens (tertiary/aromatic N) is 1. The van der Waals surface area contributed by atoms with E-state index in [0.29, 0.717) is 15.6 Å². The van der Waals surface area contributed by atoms with Crippen LogP contribution in [0.3, 0.4) is 0 Å². The molecule has 0 saturated heterocycles. The third kappa shape index (κ3) is 4.38. The Bertz CT molecular complexity index is 931. The first kappa shape index (κ1) is 17.6. The largest absolute Gasteiger partial charge is 0.344 e. The highest BCUT2D eigenvalue weighted by Crippen LogP contribution is 2.36. The number of halogens is 1. The molecule has 0 saturated carbocycles. The SMILES string of the molecule is CC(=O)N(Cc1cc(Br)cc2[nH]c(=O)c(=O)[nH]c12)CP(=O)(O)O. The number of fused-ring (bicyclic) bond motifs is 1. The van der Waals surface area contributed by atoms with Crippen molar-refractivity contribution in [3.05, 3.63) is 42.9 Å². The van der Waals surface area contributed by atoms with E-state index in [4.69, 9.17) is 9.79 Å². The fourth-order valence-electron chi connectivity index (χ4n) is 2.07. The standard InChI is InChI=1S/C12H13BrN3O6P/c1-6(17)16(5-23(20,21)22)4-7-2-8(13)3-9-10(7)15-12(19)11(18)14-9/h2-3H,4-5H2,1H3,(H,14,18)(H,15,19)(H2,20,21,22). The van der Waals surface area contributed by atoms with Gasteiger partial charge in [-0.25, -0.2) is 0 Å². The van der Waals surface area contributed by atoms with Crippen molar-refractivity contribution in [1.29, 1.82) is 0 Å². The summed E-state index contributed by atoms with van der Waals surface area (Å²) >= 11 is 3.24. The minimum Gasteiger partial charge on any atom is -0.327 e. The van der Waals surface area contributed by atoms with Crippen LogP contribution in [0.25, 0.3) is 11.0 Å². The molecule has 4 N–H and O–H groups in total. The van der Waals surface area contributed by atoms with Gasteiger partial charge in [0, 0.05) is 17.9 Å². The summed E-state index contributed by atoms with van der Waals surface area (Å²) in [6.45, 7) is 1.04. The molecule has 1 heterocycles. The van der Waals surface area contributed by atoms with Crippen LogP contribution >= 0.6 is 23.5 Å². The summed E-state index contributed by atoms with van der Waals surface area (Å²) < 4.78 is 11.7. The second-order valence-electron chi connectivity index (χ2n) is 4.92. The van der Waals surface area contributed by atoms with Gasteiger partial charge < -0.3 is 24.7 Å². The number of aromatic nitrogens is 2. The molecule has 0 bridgehead atoms. The van der Waals surface area contributed by atoms with Crippen LogP contribution in [0.15, 0.2) is 26.2 Å². The first-order chi connectivity index (χ1) is 10.6. The number of rotatable bonds is 4. The van der Waals surface area contributed by atoms with Crippen LogP contribution in [0, 0.1) is 0 Å². The third-order valence-electron chi connectivity index (χ3n) is 3.04. The van der Waals surface area contributed by atoms with E-state index in [1.807, 2.05) is 0 Å². The van der Waals surface area contributed by atoms with E-state index in [0.717, 1.165) is 4.90 Å². The van der Waals surface area contributed by atoms with E-state index in [1.165, 1.54) is 6.92 Å². The predicted octanol–water partition coefficient (Wildman–Crippen LogP) is 0.463. The average Bonchev–Trinajstić information content (AvgIpc) is 2.38. The number of carbonyl (C=O) groups excluding carboxylic acids is 1. The van der Waals surface area contributed by atoms with Gasteiger partial charge >= 0.3 is 18.7 Å². The van der Waals surface area contributed by atoms with Crippen LogP contribution in [-0.4, -0.2) is 36.8 Å². The summed E-state index contributed by atoms with van der Waals surface area (Å²) in [7, 11) is -4.44. The van der Waals surface area contributed by atoms with Crippen LogP contribution in [0.4, 0.5) is 0 Å². The summed E-state index contributed by atoms with van der Waals surface area (Å²) in [6, 6.07) is 3.16. The molecule has 0 fully saturated rings. The van der Waals surface area contributed by atoms with E-state index < -0.39 is 30.9 Å². The molecule has 9 nitrogen and oxygen atoms in total. The van der Waals surface area contributed by atoms with Gasteiger partial charge in [0.25, 0.3) is 0 Å². The Kier molecular flexibility index (Phi) is 4.90. The Labute approximate surface area is 137 Å². The molecular formula is C12H13BrN3O6P. The molecule has 0 unspecified atom stereocenters. The highest BCUT2D eigenvalue weighted by molar-refractivity contribution is 9.10. The van der Waals surface area contributed by atoms with Crippen LogP contribution in [0.2, 0.25) is 0 Å². The van der Waals surface area contributed by atoms with Crippen molar-refractivity contribution in [2.45, 2.75) is 13.5 Å². The third-order valence-corrected chi connectivity index (χ3v) is 4.21. The lowest BCUT2D eigenvalue weighted by atomic mass is 10.1. The molecule has 1 aromatic carbocycles. The molecule has 11 heteroatoms. The monoisotopic (exact) mass is 405 g/mol. The molecule has 0 atom stereocenters. The molecule has 1 aromatic heterocycles. The Morgan fingerprint density at radius 2 is 1.87 bits per heavy atom. The number of H-pyrrole nitrogens is 2. The van der Waals surface area contributed by atoms with Crippen molar-refractivity contribution in [3.63, 3.8) is 0 Å². The van der Waals surface area contributed by atoms with E-state index in [-0.39, 0.29) is 12.1 Å². The Balaban J connectivity index is 2.55. The van der Waals surface area contributed by atoms with Crippen LogP contribution < -0.4 is 11.1 Å². The number of carbonyl (C=O) groups is 1. The lowest BCUT2D eigenvalue weighted by Gasteiger charge is -2.22. The fourth-order valence-corrected chi connectivity index (χ4v) is 3.32. The Morgan fingerprint density at radius 3 is 2.43 bits per heavy atom. The maximum absolute atomic E-state index is 11.6. The van der Waals surface area contributed by atoms with Crippen molar-refractivity contribution >= 4 is 40.5 Å². The molecular weight excluding hydrogens is 393 g/mol. The van der Waals surface area contributed by atoms with Gasteiger partial charge in [-0.15, -0.1) is 0 Å². The van der Waals surface area contributed by atoms with E-state index >= 15 is 0 Å². The summed E-state index contributed by atoms with van der Waals surface area (Å²) in [5.41, 5.74) is -0.634. The highest BCUT2D eigenvalue weighted by atomic mass is 79.9. The van der Waals surface area contributed by atoms with Crippen LogP contribution in [0.1, 0.15) is 12.5 Å². The molecule has 0 spiro atoms. The maximum atomic E-state index is 11.6. The maximum Gasteiger partial charge on any atom is 0.344 e. The number of amides is 1. The number of aromatic amines is 2. The summed E-state index contributed by atoms with van der Waals surface area (Å²) in [5.74, 6) is -0.534. The zero-order valence-electron chi connectivity index (χ0n) is 11.9. The molecule has 1 amide bonds. The molecule has 124 valence electrons. The predicted molar refractivity (Wildman–Crippen MR) is 86.0 cm³/mol. The van der Waals surface area contributed by atoms with Gasteiger partial charge in [0.05, 0.1) is 11.0 Å². The smallest absolute Gasteiger partial charge is 0.327 e. The zero-order chi connectivity index (χ0) is 17.4. The van der Waals surface area contributed by atoms with Crippen LogP contribution in [0.5, 0.6) is 0 Å². The fraction of sp³-hybridized carbons (Fsp3) is 0.250. The van der Waals surface area contributed by atoms with Gasteiger partial charge in [-0.3, -0.25) is 18.9 Å². The lowest BCUT2D eigenvalue weighted by molar-refractivity contribution is -0.128. The Hall–Kier alpha value is -1.74. The second-order valence-corrected chi connectivity index (χ2v) is 7.45. The van der Waals surface area contributed by atoms with E-state index in [2.05, 4.69) is 25.9 Å². The van der Waals surface area contributed by atoms with Gasteiger partial charge in [0.15, 0.2) is 0 Å². The number of nitrogens with one attached hydrogen (secondary N) is 2. The normalized spacial score (nSPS) is 11.7. The van der Waals surface area contributed by atoms with E-state index in [9.17, 15) is 18.9 Å². The van der Waals surface area contributed by atoms with Crippen LogP contribution in [-0.2, 0) is 15.9 Å². The minimum absolute atomic E-state index is 0.141. The van der Waals surface area contributed by atoms with Gasteiger partial charge in [-0.05, 0) is 17.7 Å². The second kappa shape index (κ2) is 6.40. The number of benzene rings is 1. The molecule has 23 heavy (non-hydrogen) atoms. The topological polar surface area (TPSA) is 144 Å². The Morgan fingerprint density at radius 1 is 1.26 bits per heavy atom. The van der Waals surface area contributed by atoms with Gasteiger partial charge in [-0.2, -0.15) is 0 Å². The number of hydrogen-bond acceptors (Lipinski definition) is 4. The lowest BCUT2D eigenvalue weighted by Crippen LogP contribution is -2.31. The van der Waals surface area contributed by atoms with Crippen molar-refractivity contribution < 1.29 is 19.1 Å². The molecule has 0 radical (unpaired) electrons. The highest BCUT2D eigenvalue weighted by Gasteiger charge is 2.22. The first-order valence-electron chi connectivity index (χ1n) is 6.31. The van der Waals surface area contributed by atoms with E-state index in [1.54, 1.807) is 12.1 Å². The summed E-state index contributed by atoms with van der Waals surface area (Å²) in [4.78, 5) is 58.4. The number of hydrogen-bond donors (Lipinski definition) is 4. The zero-order valence-corrected chi connectivity index (χ0v) is 14.3. The minimum atomic E-state index is -4.44. The molecule has 2 rings (SSSR count). The molecule has 2 aromatic rings. The average molecular weight is 406 g/mol. The molecule has 0 aliphatic carbocycles. The first-order valence-corrected chi connectivity index (χ1v) is 8.91.